The molecule has 31 heavy (non-hydrogen) atoms. The first-order valence-corrected chi connectivity index (χ1v) is 10.2. The number of fused-ring (bicyclic) bond motifs is 1. The first-order chi connectivity index (χ1) is 15.0. The van der Waals surface area contributed by atoms with Crippen LogP contribution in [0.3, 0.4) is 0 Å². The molecule has 164 valence electrons. The SMILES string of the molecule is CCCCN(C)C(=O)Nc1ccc(Oc2ncnc3cc(OC)c(OC)cc23)cc1Cl. The minimum Gasteiger partial charge on any atom is -0.493 e. The van der Waals surface area contributed by atoms with Crippen molar-refractivity contribution >= 4 is 34.2 Å². The van der Waals surface area contributed by atoms with Crippen LogP contribution >= 0.6 is 11.6 Å². The molecule has 3 rings (SSSR count). The lowest BCUT2D eigenvalue weighted by molar-refractivity contribution is 0.222. The Morgan fingerprint density at radius 2 is 1.87 bits per heavy atom. The molecular weight excluding hydrogens is 420 g/mol. The molecule has 0 bridgehead atoms. The van der Waals surface area contributed by atoms with Gasteiger partial charge in [0.1, 0.15) is 12.1 Å². The Morgan fingerprint density at radius 1 is 1.13 bits per heavy atom. The number of benzene rings is 2. The van der Waals surface area contributed by atoms with E-state index in [1.54, 1.807) is 56.5 Å². The number of urea groups is 1. The molecule has 0 radical (unpaired) electrons. The summed E-state index contributed by atoms with van der Waals surface area (Å²) in [4.78, 5) is 22.4. The summed E-state index contributed by atoms with van der Waals surface area (Å²) in [6, 6.07) is 8.32. The third-order valence-corrected chi connectivity index (χ3v) is 5.01. The Kier molecular flexibility index (Phi) is 7.36. The number of unbranched alkanes of at least 4 members (excludes halogenated alkanes) is 1. The highest BCUT2D eigenvalue weighted by Gasteiger charge is 2.14. The topological polar surface area (TPSA) is 85.8 Å². The summed E-state index contributed by atoms with van der Waals surface area (Å²) in [6.07, 6.45) is 3.36. The summed E-state index contributed by atoms with van der Waals surface area (Å²) in [7, 11) is 4.87. The van der Waals surface area contributed by atoms with E-state index >= 15 is 0 Å². The van der Waals surface area contributed by atoms with Gasteiger partial charge in [-0.25, -0.2) is 14.8 Å². The van der Waals surface area contributed by atoms with Crippen LogP contribution in [0.4, 0.5) is 10.5 Å². The Hall–Kier alpha value is -3.26. The second-order valence-electron chi connectivity index (χ2n) is 6.85. The van der Waals surface area contributed by atoms with Crippen LogP contribution in [0.1, 0.15) is 19.8 Å². The average Bonchev–Trinajstić information content (AvgIpc) is 2.78. The summed E-state index contributed by atoms with van der Waals surface area (Å²) >= 11 is 6.37. The Balaban J connectivity index is 1.81. The highest BCUT2D eigenvalue weighted by atomic mass is 35.5. The molecule has 2 amide bonds. The lowest BCUT2D eigenvalue weighted by Gasteiger charge is -2.18. The summed E-state index contributed by atoms with van der Waals surface area (Å²) in [5.41, 5.74) is 1.15. The number of ether oxygens (including phenoxy) is 3. The van der Waals surface area contributed by atoms with Crippen molar-refractivity contribution in [1.82, 2.24) is 14.9 Å². The smallest absolute Gasteiger partial charge is 0.321 e. The molecule has 2 aromatic carbocycles. The van der Waals surface area contributed by atoms with Crippen molar-refractivity contribution < 1.29 is 19.0 Å². The molecule has 0 saturated heterocycles. The molecule has 3 aromatic rings. The number of halogens is 1. The lowest BCUT2D eigenvalue weighted by Crippen LogP contribution is -2.32. The molecule has 0 aliphatic carbocycles. The number of carbonyl (C=O) groups excluding carboxylic acids is 1. The van der Waals surface area contributed by atoms with E-state index in [-0.39, 0.29) is 6.03 Å². The first kappa shape index (κ1) is 22.4. The number of carbonyl (C=O) groups is 1. The van der Waals surface area contributed by atoms with Crippen molar-refractivity contribution in [2.75, 3.05) is 33.1 Å². The van der Waals surface area contributed by atoms with Gasteiger partial charge in [-0.05, 0) is 24.6 Å². The minimum absolute atomic E-state index is 0.216. The number of methoxy groups -OCH3 is 2. The van der Waals surface area contributed by atoms with Crippen LogP contribution in [0.25, 0.3) is 10.9 Å². The molecule has 0 saturated carbocycles. The maximum atomic E-state index is 12.3. The zero-order valence-corrected chi connectivity index (χ0v) is 18.7. The van der Waals surface area contributed by atoms with E-state index in [0.717, 1.165) is 12.8 Å². The average molecular weight is 445 g/mol. The molecule has 1 N–H and O–H groups in total. The fourth-order valence-electron chi connectivity index (χ4n) is 2.92. The van der Waals surface area contributed by atoms with Gasteiger partial charge in [0.25, 0.3) is 0 Å². The fraction of sp³-hybridized carbons (Fsp3) is 0.318. The number of nitrogens with zero attached hydrogens (tertiary/aromatic N) is 3. The normalized spacial score (nSPS) is 10.6. The van der Waals surface area contributed by atoms with Crippen LogP contribution in [-0.2, 0) is 0 Å². The van der Waals surface area contributed by atoms with Crippen LogP contribution in [0, 0.1) is 0 Å². The van der Waals surface area contributed by atoms with Crippen molar-refractivity contribution in [3.8, 4) is 23.1 Å². The summed E-state index contributed by atoms with van der Waals surface area (Å²) < 4.78 is 16.6. The van der Waals surface area contributed by atoms with E-state index in [9.17, 15) is 4.79 Å². The van der Waals surface area contributed by atoms with Gasteiger partial charge in [-0.15, -0.1) is 0 Å². The zero-order valence-electron chi connectivity index (χ0n) is 17.9. The molecule has 1 heterocycles. The maximum Gasteiger partial charge on any atom is 0.321 e. The van der Waals surface area contributed by atoms with Gasteiger partial charge in [-0.2, -0.15) is 0 Å². The Labute approximate surface area is 186 Å². The molecule has 8 nitrogen and oxygen atoms in total. The number of amides is 2. The van der Waals surface area contributed by atoms with Gasteiger partial charge in [-0.1, -0.05) is 24.9 Å². The van der Waals surface area contributed by atoms with E-state index in [1.807, 2.05) is 0 Å². The summed E-state index contributed by atoms with van der Waals surface area (Å²) in [5.74, 6) is 1.92. The number of nitrogens with one attached hydrogen (secondary N) is 1. The monoisotopic (exact) mass is 444 g/mol. The van der Waals surface area contributed by atoms with Gasteiger partial charge in [0, 0.05) is 25.7 Å². The number of hydrogen-bond acceptors (Lipinski definition) is 6. The van der Waals surface area contributed by atoms with Gasteiger partial charge in [0.15, 0.2) is 11.5 Å². The van der Waals surface area contributed by atoms with Crippen LogP contribution in [-0.4, -0.2) is 48.7 Å². The predicted octanol–water partition coefficient (Wildman–Crippen LogP) is 5.36. The van der Waals surface area contributed by atoms with E-state index in [0.29, 0.717) is 51.3 Å². The van der Waals surface area contributed by atoms with Gasteiger partial charge in [0.05, 0.1) is 35.8 Å². The van der Waals surface area contributed by atoms with Gasteiger partial charge < -0.3 is 24.4 Å². The van der Waals surface area contributed by atoms with E-state index in [2.05, 4.69) is 22.2 Å². The molecule has 0 fully saturated rings. The number of hydrogen-bond donors (Lipinski definition) is 1. The zero-order chi connectivity index (χ0) is 22.4. The van der Waals surface area contributed by atoms with Crippen LogP contribution < -0.4 is 19.5 Å². The van der Waals surface area contributed by atoms with Crippen molar-refractivity contribution in [2.45, 2.75) is 19.8 Å². The third kappa shape index (κ3) is 5.27. The van der Waals surface area contributed by atoms with Crippen LogP contribution in [0.15, 0.2) is 36.7 Å². The summed E-state index contributed by atoms with van der Waals surface area (Å²) in [5, 5.41) is 3.82. The molecule has 0 spiro atoms. The quantitative estimate of drug-likeness (QED) is 0.503. The number of anilines is 1. The van der Waals surface area contributed by atoms with Crippen molar-refractivity contribution in [1.29, 1.82) is 0 Å². The predicted molar refractivity (Wildman–Crippen MR) is 121 cm³/mol. The Morgan fingerprint density at radius 3 is 2.55 bits per heavy atom. The van der Waals surface area contributed by atoms with Crippen molar-refractivity contribution in [2.24, 2.45) is 0 Å². The number of aromatic nitrogens is 2. The molecule has 0 aliphatic heterocycles. The molecular formula is C22H25ClN4O4. The van der Waals surface area contributed by atoms with Crippen LogP contribution in [0.2, 0.25) is 5.02 Å². The maximum absolute atomic E-state index is 12.3. The third-order valence-electron chi connectivity index (χ3n) is 4.69. The van der Waals surface area contributed by atoms with Gasteiger partial charge in [0.2, 0.25) is 5.88 Å². The second kappa shape index (κ2) is 10.2. The standard InChI is InChI=1S/C22H25ClN4O4/c1-5-6-9-27(2)22(28)26-17-8-7-14(10-16(17)23)31-21-15-11-19(29-3)20(30-4)12-18(15)24-13-25-21/h7-8,10-13H,5-6,9H2,1-4H3,(H,26,28). The van der Waals surface area contributed by atoms with Crippen LogP contribution in [0.5, 0.6) is 23.1 Å². The van der Waals surface area contributed by atoms with Gasteiger partial charge >= 0.3 is 6.03 Å². The van der Waals surface area contributed by atoms with E-state index < -0.39 is 0 Å². The second-order valence-corrected chi connectivity index (χ2v) is 7.26. The largest absolute Gasteiger partial charge is 0.493 e. The van der Waals surface area contributed by atoms with Crippen molar-refractivity contribution in [3.05, 3.63) is 41.7 Å². The minimum atomic E-state index is -0.216. The Bertz CT molecular complexity index is 1080. The van der Waals surface area contributed by atoms with E-state index in [4.69, 9.17) is 25.8 Å². The molecule has 0 unspecified atom stereocenters. The molecule has 0 atom stereocenters. The highest BCUT2D eigenvalue weighted by Crippen LogP contribution is 2.36. The van der Waals surface area contributed by atoms with Crippen molar-refractivity contribution in [3.63, 3.8) is 0 Å². The molecule has 1 aromatic heterocycles. The lowest BCUT2D eigenvalue weighted by atomic mass is 10.2. The fourth-order valence-corrected chi connectivity index (χ4v) is 3.14. The molecule has 0 aliphatic rings. The number of rotatable bonds is 8. The van der Waals surface area contributed by atoms with Gasteiger partial charge in [-0.3, -0.25) is 0 Å². The first-order valence-electron chi connectivity index (χ1n) is 9.83. The molecule has 9 heteroatoms. The van der Waals surface area contributed by atoms with E-state index in [1.165, 1.54) is 6.33 Å². The summed E-state index contributed by atoms with van der Waals surface area (Å²) in [6.45, 7) is 2.75. The highest BCUT2D eigenvalue weighted by molar-refractivity contribution is 6.33.